The van der Waals surface area contributed by atoms with Crippen LogP contribution in [0.3, 0.4) is 0 Å². The molecule has 110 valence electrons. The Hall–Kier alpha value is -1.26. The van der Waals surface area contributed by atoms with E-state index in [0.29, 0.717) is 25.2 Å². The van der Waals surface area contributed by atoms with Crippen molar-refractivity contribution in [2.24, 2.45) is 11.7 Å². The molecule has 2 heterocycles. The molecule has 4 nitrogen and oxygen atoms in total. The molecule has 2 N–H and O–H groups in total. The second-order valence-corrected chi connectivity index (χ2v) is 5.84. The molecule has 2 aliphatic heterocycles. The molecule has 1 aromatic carbocycles. The summed E-state index contributed by atoms with van der Waals surface area (Å²) in [4.78, 5) is 2.42. The summed E-state index contributed by atoms with van der Waals surface area (Å²) >= 11 is 0. The van der Waals surface area contributed by atoms with Crippen molar-refractivity contribution in [2.45, 2.75) is 25.8 Å². The Balaban J connectivity index is 1.95. The Kier molecular flexibility index (Phi) is 3.85. The minimum absolute atomic E-state index is 0.453. The van der Waals surface area contributed by atoms with Crippen molar-refractivity contribution in [3.8, 4) is 11.5 Å². The van der Waals surface area contributed by atoms with E-state index < -0.39 is 0 Å². The number of nitrogens with zero attached hydrogens (tertiary/aromatic N) is 1. The van der Waals surface area contributed by atoms with Crippen LogP contribution < -0.4 is 15.2 Å². The van der Waals surface area contributed by atoms with Gasteiger partial charge in [0.2, 0.25) is 0 Å². The van der Waals surface area contributed by atoms with Gasteiger partial charge in [0.25, 0.3) is 0 Å². The molecule has 0 aliphatic carbocycles. The van der Waals surface area contributed by atoms with Gasteiger partial charge in [-0.1, -0.05) is 6.92 Å². The van der Waals surface area contributed by atoms with Gasteiger partial charge in [-0.3, -0.25) is 4.90 Å². The molecule has 4 heteroatoms. The minimum Gasteiger partial charge on any atom is -0.486 e. The maximum Gasteiger partial charge on any atom is 0.161 e. The molecule has 1 fully saturated rings. The number of hydrogen-bond acceptors (Lipinski definition) is 4. The van der Waals surface area contributed by atoms with E-state index >= 15 is 0 Å². The summed E-state index contributed by atoms with van der Waals surface area (Å²) in [6, 6.07) is 4.80. The standard InChI is InChI=1S/C16H24N2O2/c1-3-12-7-15-16(20-5-4-19-15)8-13(12)14-6-11(9-17)10-18(14)2/h7-8,11,14H,3-6,9-10,17H2,1-2H3. The fourth-order valence-electron chi connectivity index (χ4n) is 3.40. The molecule has 3 rings (SSSR count). The first-order chi connectivity index (χ1) is 9.72. The molecule has 2 atom stereocenters. The third-order valence-electron chi connectivity index (χ3n) is 4.51. The summed E-state index contributed by atoms with van der Waals surface area (Å²) in [6.07, 6.45) is 2.16. The van der Waals surface area contributed by atoms with Gasteiger partial charge >= 0.3 is 0 Å². The Morgan fingerprint density at radius 3 is 2.55 bits per heavy atom. The predicted octanol–water partition coefficient (Wildman–Crippen LogP) is 1.97. The lowest BCUT2D eigenvalue weighted by molar-refractivity contribution is 0.170. The molecular weight excluding hydrogens is 252 g/mol. The summed E-state index contributed by atoms with van der Waals surface area (Å²) < 4.78 is 11.4. The third-order valence-corrected chi connectivity index (χ3v) is 4.51. The summed E-state index contributed by atoms with van der Waals surface area (Å²) in [5, 5.41) is 0. The summed E-state index contributed by atoms with van der Waals surface area (Å²) in [5.41, 5.74) is 8.60. The van der Waals surface area contributed by atoms with Crippen molar-refractivity contribution in [1.82, 2.24) is 4.90 Å². The van der Waals surface area contributed by atoms with Gasteiger partial charge in [-0.2, -0.15) is 0 Å². The van der Waals surface area contributed by atoms with Crippen LogP contribution in [-0.2, 0) is 6.42 Å². The number of fused-ring (bicyclic) bond motifs is 1. The van der Waals surface area contributed by atoms with Gasteiger partial charge in [-0.05, 0) is 55.6 Å². The predicted molar refractivity (Wildman–Crippen MR) is 79.3 cm³/mol. The zero-order valence-electron chi connectivity index (χ0n) is 12.4. The van der Waals surface area contributed by atoms with Crippen LogP contribution in [0.15, 0.2) is 12.1 Å². The summed E-state index contributed by atoms with van der Waals surface area (Å²) in [5.74, 6) is 2.39. The molecule has 1 saturated heterocycles. The van der Waals surface area contributed by atoms with Crippen LogP contribution in [0.5, 0.6) is 11.5 Å². The number of aryl methyl sites for hydroxylation is 1. The lowest BCUT2D eigenvalue weighted by Gasteiger charge is -2.26. The van der Waals surface area contributed by atoms with Gasteiger partial charge in [0.05, 0.1) is 0 Å². The lowest BCUT2D eigenvalue weighted by atomic mass is 9.94. The first kappa shape index (κ1) is 13.7. The van der Waals surface area contributed by atoms with Crippen molar-refractivity contribution in [2.75, 3.05) is 33.4 Å². The maximum absolute atomic E-state index is 5.85. The number of ether oxygens (including phenoxy) is 2. The molecule has 0 saturated carbocycles. The van der Waals surface area contributed by atoms with Gasteiger partial charge < -0.3 is 15.2 Å². The van der Waals surface area contributed by atoms with Crippen molar-refractivity contribution >= 4 is 0 Å². The third kappa shape index (κ3) is 2.38. The summed E-state index contributed by atoms with van der Waals surface area (Å²) in [7, 11) is 2.19. The number of hydrogen-bond donors (Lipinski definition) is 1. The number of benzene rings is 1. The van der Waals surface area contributed by atoms with Crippen LogP contribution in [0.4, 0.5) is 0 Å². The molecule has 0 spiro atoms. The van der Waals surface area contributed by atoms with Gasteiger partial charge in [0, 0.05) is 12.6 Å². The normalized spacial score (nSPS) is 25.9. The fraction of sp³-hybridized carbons (Fsp3) is 0.625. The van der Waals surface area contributed by atoms with Crippen LogP contribution in [0.2, 0.25) is 0 Å². The van der Waals surface area contributed by atoms with Gasteiger partial charge in [-0.15, -0.1) is 0 Å². The highest BCUT2D eigenvalue weighted by Crippen LogP contribution is 2.41. The zero-order chi connectivity index (χ0) is 14.1. The Bertz CT molecular complexity index is 490. The average molecular weight is 276 g/mol. The first-order valence-corrected chi connectivity index (χ1v) is 7.55. The number of likely N-dealkylation sites (tertiary alicyclic amines) is 1. The Morgan fingerprint density at radius 1 is 1.25 bits per heavy atom. The van der Waals surface area contributed by atoms with E-state index in [0.717, 1.165) is 37.4 Å². The SMILES string of the molecule is CCc1cc2c(cc1C1CC(CN)CN1C)OCCO2. The van der Waals surface area contributed by atoms with E-state index in [1.54, 1.807) is 0 Å². The molecule has 0 bridgehead atoms. The van der Waals surface area contributed by atoms with Crippen molar-refractivity contribution < 1.29 is 9.47 Å². The molecule has 1 aromatic rings. The molecule has 2 unspecified atom stereocenters. The molecule has 0 amide bonds. The van der Waals surface area contributed by atoms with Crippen LogP contribution in [-0.4, -0.2) is 38.3 Å². The van der Waals surface area contributed by atoms with Crippen molar-refractivity contribution in [1.29, 1.82) is 0 Å². The van der Waals surface area contributed by atoms with Gasteiger partial charge in [-0.25, -0.2) is 0 Å². The maximum atomic E-state index is 5.85. The van der Waals surface area contributed by atoms with Crippen LogP contribution in [0, 0.1) is 5.92 Å². The Labute approximate surface area is 120 Å². The fourth-order valence-corrected chi connectivity index (χ4v) is 3.40. The smallest absolute Gasteiger partial charge is 0.161 e. The number of rotatable bonds is 3. The topological polar surface area (TPSA) is 47.7 Å². The van der Waals surface area contributed by atoms with Crippen LogP contribution >= 0.6 is 0 Å². The average Bonchev–Trinajstić information content (AvgIpc) is 2.86. The van der Waals surface area contributed by atoms with E-state index in [9.17, 15) is 0 Å². The van der Waals surface area contributed by atoms with Gasteiger partial charge in [0.1, 0.15) is 13.2 Å². The Morgan fingerprint density at radius 2 is 1.95 bits per heavy atom. The highest BCUT2D eigenvalue weighted by atomic mass is 16.6. The van der Waals surface area contributed by atoms with E-state index in [-0.39, 0.29) is 0 Å². The van der Waals surface area contributed by atoms with E-state index in [1.807, 2.05) is 0 Å². The van der Waals surface area contributed by atoms with E-state index in [2.05, 4.69) is 31.0 Å². The van der Waals surface area contributed by atoms with Crippen LogP contribution in [0.25, 0.3) is 0 Å². The molecule has 20 heavy (non-hydrogen) atoms. The molecule has 2 aliphatic rings. The molecular formula is C16H24N2O2. The number of nitrogens with two attached hydrogens (primary N) is 1. The second-order valence-electron chi connectivity index (χ2n) is 5.84. The minimum atomic E-state index is 0.453. The second kappa shape index (κ2) is 5.62. The summed E-state index contributed by atoms with van der Waals surface area (Å²) in [6.45, 7) is 5.34. The highest BCUT2D eigenvalue weighted by Gasteiger charge is 2.32. The largest absolute Gasteiger partial charge is 0.486 e. The lowest BCUT2D eigenvalue weighted by Crippen LogP contribution is -2.22. The zero-order valence-corrected chi connectivity index (χ0v) is 12.4. The highest BCUT2D eigenvalue weighted by molar-refractivity contribution is 5.49. The quantitative estimate of drug-likeness (QED) is 0.917. The van der Waals surface area contributed by atoms with Crippen molar-refractivity contribution in [3.05, 3.63) is 23.3 Å². The monoisotopic (exact) mass is 276 g/mol. The molecule has 0 radical (unpaired) electrons. The molecule has 0 aromatic heterocycles. The van der Waals surface area contributed by atoms with Crippen molar-refractivity contribution in [3.63, 3.8) is 0 Å². The van der Waals surface area contributed by atoms with E-state index in [4.69, 9.17) is 15.2 Å². The first-order valence-electron chi connectivity index (χ1n) is 7.55. The van der Waals surface area contributed by atoms with Crippen LogP contribution in [0.1, 0.15) is 30.5 Å². The van der Waals surface area contributed by atoms with E-state index in [1.165, 1.54) is 11.1 Å². The van der Waals surface area contributed by atoms with Gasteiger partial charge in [0.15, 0.2) is 11.5 Å².